The number of hydrogen-bond acceptors (Lipinski definition) is 4. The summed E-state index contributed by atoms with van der Waals surface area (Å²) in [7, 11) is -3.26. The monoisotopic (exact) mass is 220 g/mol. The van der Waals surface area contributed by atoms with Crippen LogP contribution in [0.3, 0.4) is 0 Å². The van der Waals surface area contributed by atoms with Gasteiger partial charge in [0.25, 0.3) is 0 Å². The van der Waals surface area contributed by atoms with Crippen molar-refractivity contribution < 1.29 is 8.42 Å². The summed E-state index contributed by atoms with van der Waals surface area (Å²) in [6.45, 7) is 1.56. The van der Waals surface area contributed by atoms with Crippen molar-refractivity contribution in [1.29, 1.82) is 5.26 Å². The van der Waals surface area contributed by atoms with Crippen LogP contribution < -0.4 is 4.72 Å². The summed E-state index contributed by atoms with van der Waals surface area (Å²) in [5, 5.41) is 8.89. The van der Waals surface area contributed by atoms with E-state index < -0.39 is 15.6 Å². The molecule has 1 heterocycles. The Balaban J connectivity index is 2.77. The van der Waals surface area contributed by atoms with Crippen LogP contribution in [0.4, 0.5) is 0 Å². The second-order valence-corrected chi connectivity index (χ2v) is 6.12. The second-order valence-electron chi connectivity index (χ2n) is 3.00. The molecule has 0 spiro atoms. The zero-order valence-corrected chi connectivity index (χ0v) is 9.04. The van der Waals surface area contributed by atoms with Crippen LogP contribution in [0, 0.1) is 11.3 Å². The van der Waals surface area contributed by atoms with E-state index in [9.17, 15) is 8.42 Å². The molecular formula is C7H12N2O2S2. The number of rotatable bonds is 3. The Kier molecular flexibility index (Phi) is 3.22. The predicted octanol–water partition coefficient (Wildman–Crippen LogP) is 0.325. The van der Waals surface area contributed by atoms with Gasteiger partial charge in [0.15, 0.2) is 0 Å². The molecule has 0 aliphatic carbocycles. The van der Waals surface area contributed by atoms with Gasteiger partial charge < -0.3 is 0 Å². The summed E-state index contributed by atoms with van der Waals surface area (Å²) in [6.07, 6.45) is 0.605. The molecule has 74 valence electrons. The van der Waals surface area contributed by atoms with Crippen molar-refractivity contribution in [3.63, 3.8) is 0 Å². The molecule has 0 saturated carbocycles. The second kappa shape index (κ2) is 3.86. The summed E-state index contributed by atoms with van der Waals surface area (Å²) < 4.78 is 25.0. The highest BCUT2D eigenvalue weighted by Gasteiger charge is 2.37. The van der Waals surface area contributed by atoms with Crippen molar-refractivity contribution in [3.05, 3.63) is 0 Å². The molecule has 0 aromatic carbocycles. The molecule has 0 aromatic heterocycles. The van der Waals surface area contributed by atoms with Crippen molar-refractivity contribution in [2.24, 2.45) is 0 Å². The fraction of sp³-hybridized carbons (Fsp3) is 0.857. The minimum Gasteiger partial charge on any atom is -0.212 e. The lowest BCUT2D eigenvalue weighted by Gasteiger charge is -2.20. The molecule has 1 atom stereocenters. The topological polar surface area (TPSA) is 70.0 Å². The van der Waals surface area contributed by atoms with E-state index in [1.54, 1.807) is 18.7 Å². The first kappa shape index (κ1) is 10.8. The van der Waals surface area contributed by atoms with Crippen LogP contribution in [0.1, 0.15) is 13.3 Å². The van der Waals surface area contributed by atoms with Gasteiger partial charge in [-0.15, -0.1) is 0 Å². The Morgan fingerprint density at radius 2 is 2.38 bits per heavy atom. The number of thioether (sulfide) groups is 1. The van der Waals surface area contributed by atoms with E-state index in [-0.39, 0.29) is 5.75 Å². The van der Waals surface area contributed by atoms with E-state index in [1.165, 1.54) is 0 Å². The Morgan fingerprint density at radius 1 is 1.69 bits per heavy atom. The minimum absolute atomic E-state index is 0.0289. The Bertz CT molecular complexity index is 312. The van der Waals surface area contributed by atoms with Crippen LogP contribution in [0.2, 0.25) is 0 Å². The fourth-order valence-corrected chi connectivity index (χ4v) is 3.44. The number of nitrogens with one attached hydrogen (secondary N) is 1. The number of nitriles is 1. The lowest BCUT2D eigenvalue weighted by Crippen LogP contribution is -2.47. The van der Waals surface area contributed by atoms with E-state index in [0.717, 1.165) is 5.75 Å². The summed E-state index contributed by atoms with van der Waals surface area (Å²) in [5.74, 6) is 1.43. The standard InChI is InChI=1S/C7H12N2O2S2/c1-2-13(10,11)9-7(5-8)3-4-12-6-7/h9H,2-4,6H2,1H3. The maximum Gasteiger partial charge on any atom is 0.212 e. The molecule has 0 radical (unpaired) electrons. The molecule has 1 aliphatic rings. The van der Waals surface area contributed by atoms with E-state index in [4.69, 9.17) is 5.26 Å². The van der Waals surface area contributed by atoms with E-state index in [0.29, 0.717) is 12.2 Å². The number of sulfonamides is 1. The quantitative estimate of drug-likeness (QED) is 0.744. The summed E-state index contributed by atoms with van der Waals surface area (Å²) in [4.78, 5) is 0. The van der Waals surface area contributed by atoms with Crippen molar-refractivity contribution >= 4 is 21.8 Å². The lowest BCUT2D eigenvalue weighted by atomic mass is 10.0. The molecule has 0 aromatic rings. The lowest BCUT2D eigenvalue weighted by molar-refractivity contribution is 0.516. The zero-order valence-electron chi connectivity index (χ0n) is 7.41. The fourth-order valence-electron chi connectivity index (χ4n) is 1.13. The van der Waals surface area contributed by atoms with Crippen LogP contribution >= 0.6 is 11.8 Å². The molecule has 0 amide bonds. The van der Waals surface area contributed by atoms with Crippen LogP contribution in [-0.2, 0) is 10.0 Å². The van der Waals surface area contributed by atoms with Crippen LogP contribution in [0.25, 0.3) is 0 Å². The van der Waals surface area contributed by atoms with Crippen LogP contribution in [0.15, 0.2) is 0 Å². The van der Waals surface area contributed by atoms with Gasteiger partial charge in [-0.1, -0.05) is 0 Å². The molecule has 13 heavy (non-hydrogen) atoms. The Labute approximate surface area is 82.7 Å². The minimum atomic E-state index is -3.26. The molecule has 1 N–H and O–H groups in total. The van der Waals surface area contributed by atoms with E-state index >= 15 is 0 Å². The largest absolute Gasteiger partial charge is 0.212 e. The third kappa shape index (κ3) is 2.59. The number of hydrogen-bond donors (Lipinski definition) is 1. The number of nitrogens with zero attached hydrogens (tertiary/aromatic N) is 1. The summed E-state index contributed by atoms with van der Waals surface area (Å²) in [5.41, 5.74) is -0.848. The van der Waals surface area contributed by atoms with Gasteiger partial charge >= 0.3 is 0 Å². The molecular weight excluding hydrogens is 208 g/mol. The zero-order chi connectivity index (χ0) is 9.95. The predicted molar refractivity (Wildman–Crippen MR) is 52.9 cm³/mol. The molecule has 0 bridgehead atoms. The average Bonchev–Trinajstić information content (AvgIpc) is 2.53. The SMILES string of the molecule is CCS(=O)(=O)NC1(C#N)CCSC1. The van der Waals surface area contributed by atoms with Crippen molar-refractivity contribution in [1.82, 2.24) is 4.72 Å². The smallest absolute Gasteiger partial charge is 0.212 e. The third-order valence-electron chi connectivity index (χ3n) is 1.97. The van der Waals surface area contributed by atoms with Gasteiger partial charge in [-0.05, 0) is 19.1 Å². The summed E-state index contributed by atoms with van der Waals surface area (Å²) >= 11 is 1.61. The molecule has 6 heteroatoms. The van der Waals surface area contributed by atoms with Gasteiger partial charge in [0.1, 0.15) is 5.54 Å². The average molecular weight is 220 g/mol. The summed E-state index contributed by atoms with van der Waals surface area (Å²) in [6, 6.07) is 2.06. The Morgan fingerprint density at radius 3 is 2.77 bits per heavy atom. The van der Waals surface area contributed by atoms with Crippen molar-refractivity contribution in [3.8, 4) is 6.07 Å². The van der Waals surface area contributed by atoms with Gasteiger partial charge in [0, 0.05) is 5.75 Å². The first-order chi connectivity index (χ1) is 6.04. The van der Waals surface area contributed by atoms with Crippen molar-refractivity contribution in [2.45, 2.75) is 18.9 Å². The molecule has 1 rings (SSSR count). The first-order valence-electron chi connectivity index (χ1n) is 4.04. The molecule has 1 fully saturated rings. The van der Waals surface area contributed by atoms with Gasteiger partial charge in [0.2, 0.25) is 10.0 Å². The van der Waals surface area contributed by atoms with Gasteiger partial charge in [-0.2, -0.15) is 21.7 Å². The van der Waals surface area contributed by atoms with Gasteiger partial charge in [-0.3, -0.25) is 0 Å². The molecule has 1 aliphatic heterocycles. The first-order valence-corrected chi connectivity index (χ1v) is 6.85. The van der Waals surface area contributed by atoms with Crippen LogP contribution in [-0.4, -0.2) is 31.2 Å². The van der Waals surface area contributed by atoms with Crippen molar-refractivity contribution in [2.75, 3.05) is 17.3 Å². The maximum absolute atomic E-state index is 11.2. The highest BCUT2D eigenvalue weighted by Crippen LogP contribution is 2.27. The van der Waals surface area contributed by atoms with Gasteiger partial charge in [-0.25, -0.2) is 8.42 Å². The molecule has 4 nitrogen and oxygen atoms in total. The maximum atomic E-state index is 11.2. The normalized spacial score (nSPS) is 28.6. The van der Waals surface area contributed by atoms with E-state index in [1.807, 2.05) is 0 Å². The highest BCUT2D eigenvalue weighted by molar-refractivity contribution is 7.99. The molecule has 1 saturated heterocycles. The van der Waals surface area contributed by atoms with Gasteiger partial charge in [0.05, 0.1) is 11.8 Å². The highest BCUT2D eigenvalue weighted by atomic mass is 32.2. The Hall–Kier alpha value is -0.250. The van der Waals surface area contributed by atoms with Crippen LogP contribution in [0.5, 0.6) is 0 Å². The van der Waals surface area contributed by atoms with E-state index in [2.05, 4.69) is 10.8 Å². The third-order valence-corrected chi connectivity index (χ3v) is 4.62. The molecule has 1 unspecified atom stereocenters.